The number of nitrogens with zero attached hydrogens (tertiary/aromatic N) is 3. The Labute approximate surface area is 157 Å². The number of quaternary nitrogens is 1. The number of amides is 1. The second kappa shape index (κ2) is 7.32. The van der Waals surface area contributed by atoms with Gasteiger partial charge in [-0.3, -0.25) is 14.2 Å². The van der Waals surface area contributed by atoms with E-state index in [1.54, 1.807) is 24.2 Å². The number of pyridine rings is 2. The normalized spacial score (nSPS) is 15.2. The smallest absolute Gasteiger partial charge is 0.264 e. The van der Waals surface area contributed by atoms with E-state index >= 15 is 0 Å². The van der Waals surface area contributed by atoms with Crippen molar-refractivity contribution in [1.29, 1.82) is 0 Å². The van der Waals surface area contributed by atoms with E-state index in [1.165, 1.54) is 15.0 Å². The van der Waals surface area contributed by atoms with Crippen molar-refractivity contribution >= 4 is 16.9 Å². The quantitative estimate of drug-likeness (QED) is 0.736. The first-order valence-electron chi connectivity index (χ1n) is 9.25. The average Bonchev–Trinajstić information content (AvgIpc) is 2.71. The summed E-state index contributed by atoms with van der Waals surface area (Å²) < 4.78 is 1.46. The Bertz CT molecular complexity index is 1020. The molecule has 6 heteroatoms. The maximum absolute atomic E-state index is 13.0. The number of nitrogens with one attached hydrogen (secondary N) is 1. The first-order valence-corrected chi connectivity index (χ1v) is 9.25. The molecule has 1 fully saturated rings. The van der Waals surface area contributed by atoms with Crippen LogP contribution in [0.3, 0.4) is 0 Å². The minimum Gasteiger partial charge on any atom is -0.328 e. The third kappa shape index (κ3) is 3.48. The predicted molar refractivity (Wildman–Crippen MR) is 104 cm³/mol. The number of aryl methyl sites for hydroxylation is 1. The lowest BCUT2D eigenvalue weighted by Crippen LogP contribution is -3.13. The molecule has 0 unspecified atom stereocenters. The van der Waals surface area contributed by atoms with Crippen molar-refractivity contribution in [3.63, 3.8) is 0 Å². The second-order valence-corrected chi connectivity index (χ2v) is 7.04. The van der Waals surface area contributed by atoms with Gasteiger partial charge in [0.05, 0.1) is 26.2 Å². The van der Waals surface area contributed by atoms with Crippen LogP contribution in [-0.4, -0.2) is 46.5 Å². The molecule has 3 aromatic rings. The van der Waals surface area contributed by atoms with Crippen molar-refractivity contribution in [2.24, 2.45) is 7.05 Å². The summed E-state index contributed by atoms with van der Waals surface area (Å²) in [6.07, 6.45) is 1.65. The number of carbonyl (C=O) groups is 1. The maximum atomic E-state index is 13.0. The standard InChI is InChI=1S/C21H22N4O2/c1-23-19-17(8-5-9-22-19)14-18(20(23)26)21(27)25-12-10-24(11-13-25)15-16-6-3-2-4-7-16/h2-9,14H,10-13,15H2,1H3/p+1. The van der Waals surface area contributed by atoms with E-state index in [4.69, 9.17) is 0 Å². The van der Waals surface area contributed by atoms with Crippen molar-refractivity contribution in [1.82, 2.24) is 14.5 Å². The summed E-state index contributed by atoms with van der Waals surface area (Å²) in [7, 11) is 1.66. The fraction of sp³-hybridized carbons (Fsp3) is 0.286. The van der Waals surface area contributed by atoms with Crippen LogP contribution in [0.15, 0.2) is 59.5 Å². The molecule has 27 heavy (non-hydrogen) atoms. The molecule has 138 valence electrons. The van der Waals surface area contributed by atoms with E-state index in [2.05, 4.69) is 29.2 Å². The number of hydrogen-bond acceptors (Lipinski definition) is 3. The molecule has 0 saturated carbocycles. The van der Waals surface area contributed by atoms with Gasteiger partial charge >= 0.3 is 0 Å². The summed E-state index contributed by atoms with van der Waals surface area (Å²) in [6.45, 7) is 4.06. The van der Waals surface area contributed by atoms with Crippen LogP contribution in [0.2, 0.25) is 0 Å². The first kappa shape index (κ1) is 17.4. The number of piperazine rings is 1. The number of hydrogen-bond donors (Lipinski definition) is 1. The van der Waals surface area contributed by atoms with Crippen LogP contribution in [0.25, 0.3) is 11.0 Å². The summed E-state index contributed by atoms with van der Waals surface area (Å²) in [5, 5.41) is 0.802. The van der Waals surface area contributed by atoms with Gasteiger partial charge < -0.3 is 9.80 Å². The fourth-order valence-corrected chi connectivity index (χ4v) is 3.71. The molecule has 1 aromatic carbocycles. The molecule has 0 aliphatic carbocycles. The van der Waals surface area contributed by atoms with E-state index < -0.39 is 0 Å². The molecule has 1 aliphatic rings. The molecule has 0 atom stereocenters. The van der Waals surface area contributed by atoms with E-state index in [0.29, 0.717) is 18.7 Å². The Morgan fingerprint density at radius 3 is 2.59 bits per heavy atom. The van der Waals surface area contributed by atoms with Crippen LogP contribution >= 0.6 is 0 Å². The molecule has 1 amide bonds. The average molecular weight is 363 g/mol. The van der Waals surface area contributed by atoms with Gasteiger partial charge in [0, 0.05) is 24.2 Å². The minimum absolute atomic E-state index is 0.180. The van der Waals surface area contributed by atoms with Crippen LogP contribution in [0.5, 0.6) is 0 Å². The molecule has 0 bridgehead atoms. The van der Waals surface area contributed by atoms with Crippen molar-refractivity contribution < 1.29 is 9.69 Å². The Morgan fingerprint density at radius 2 is 1.85 bits per heavy atom. The first-order chi connectivity index (χ1) is 13.1. The Kier molecular flexibility index (Phi) is 4.73. The summed E-state index contributed by atoms with van der Waals surface area (Å²) in [5.74, 6) is -0.180. The molecule has 1 N–H and O–H groups in total. The largest absolute Gasteiger partial charge is 0.328 e. The molecular weight excluding hydrogens is 340 g/mol. The van der Waals surface area contributed by atoms with Crippen LogP contribution in [-0.2, 0) is 13.6 Å². The van der Waals surface area contributed by atoms with E-state index in [0.717, 1.165) is 25.0 Å². The zero-order valence-corrected chi connectivity index (χ0v) is 15.4. The zero-order chi connectivity index (χ0) is 18.8. The molecule has 4 rings (SSSR count). The lowest BCUT2D eigenvalue weighted by molar-refractivity contribution is -0.917. The van der Waals surface area contributed by atoms with Crippen LogP contribution < -0.4 is 10.5 Å². The number of benzene rings is 1. The Morgan fingerprint density at radius 1 is 1.11 bits per heavy atom. The van der Waals surface area contributed by atoms with Gasteiger partial charge in [-0.1, -0.05) is 30.3 Å². The van der Waals surface area contributed by atoms with E-state index in [9.17, 15) is 9.59 Å². The number of rotatable bonds is 3. The Balaban J connectivity index is 1.49. The van der Waals surface area contributed by atoms with Gasteiger partial charge in [0.25, 0.3) is 11.5 Å². The maximum Gasteiger partial charge on any atom is 0.264 e. The SMILES string of the molecule is Cn1c(=O)c(C(=O)N2CC[NH+](Cc3ccccc3)CC2)cc2cccnc21. The third-order valence-electron chi connectivity index (χ3n) is 5.25. The third-order valence-corrected chi connectivity index (χ3v) is 5.25. The van der Waals surface area contributed by atoms with Gasteiger partial charge in [-0.25, -0.2) is 4.98 Å². The molecule has 1 saturated heterocycles. The van der Waals surface area contributed by atoms with Crippen molar-refractivity contribution in [3.05, 3.63) is 76.2 Å². The fourth-order valence-electron chi connectivity index (χ4n) is 3.71. The zero-order valence-electron chi connectivity index (χ0n) is 15.4. The second-order valence-electron chi connectivity index (χ2n) is 7.04. The molecular formula is C21H23N4O2+. The van der Waals surface area contributed by atoms with E-state index in [-0.39, 0.29) is 17.0 Å². The van der Waals surface area contributed by atoms with Crippen LogP contribution in [0.4, 0.5) is 0 Å². The van der Waals surface area contributed by atoms with Crippen LogP contribution in [0, 0.1) is 0 Å². The molecule has 1 aliphatic heterocycles. The summed E-state index contributed by atoms with van der Waals surface area (Å²) >= 11 is 0. The van der Waals surface area contributed by atoms with Crippen molar-refractivity contribution in [3.8, 4) is 0 Å². The minimum atomic E-state index is -0.287. The highest BCUT2D eigenvalue weighted by Crippen LogP contribution is 2.11. The molecule has 6 nitrogen and oxygen atoms in total. The molecule has 0 spiro atoms. The molecule has 2 aromatic heterocycles. The van der Waals surface area contributed by atoms with Crippen molar-refractivity contribution in [2.75, 3.05) is 26.2 Å². The number of aromatic nitrogens is 2. The molecule has 3 heterocycles. The van der Waals surface area contributed by atoms with Gasteiger partial charge in [0.1, 0.15) is 17.8 Å². The number of fused-ring (bicyclic) bond motifs is 1. The van der Waals surface area contributed by atoms with Gasteiger partial charge in [-0.2, -0.15) is 0 Å². The lowest BCUT2D eigenvalue weighted by atomic mass is 10.1. The highest BCUT2D eigenvalue weighted by Gasteiger charge is 2.26. The van der Waals surface area contributed by atoms with Gasteiger partial charge in [-0.15, -0.1) is 0 Å². The summed E-state index contributed by atoms with van der Waals surface area (Å²) in [6, 6.07) is 15.8. The predicted octanol–water partition coefficient (Wildman–Crippen LogP) is 0.474. The molecule has 0 radical (unpaired) electrons. The summed E-state index contributed by atoms with van der Waals surface area (Å²) in [5.41, 5.74) is 1.84. The number of carbonyl (C=O) groups excluding carboxylic acids is 1. The van der Waals surface area contributed by atoms with Crippen LogP contribution in [0.1, 0.15) is 15.9 Å². The van der Waals surface area contributed by atoms with Gasteiger partial charge in [0.15, 0.2) is 0 Å². The Hall–Kier alpha value is -2.99. The lowest BCUT2D eigenvalue weighted by Gasteiger charge is -2.32. The summed E-state index contributed by atoms with van der Waals surface area (Å²) in [4.78, 5) is 33.1. The highest BCUT2D eigenvalue weighted by molar-refractivity contribution is 5.96. The van der Waals surface area contributed by atoms with Crippen molar-refractivity contribution in [2.45, 2.75) is 6.54 Å². The van der Waals surface area contributed by atoms with Gasteiger partial charge in [0.2, 0.25) is 0 Å². The highest BCUT2D eigenvalue weighted by atomic mass is 16.2. The van der Waals surface area contributed by atoms with E-state index in [1.807, 2.05) is 18.2 Å². The topological polar surface area (TPSA) is 59.6 Å². The van der Waals surface area contributed by atoms with Gasteiger partial charge in [-0.05, 0) is 18.2 Å². The monoisotopic (exact) mass is 363 g/mol.